The zero-order valence-corrected chi connectivity index (χ0v) is 16.7. The molecule has 0 aliphatic carbocycles. The Morgan fingerprint density at radius 1 is 0.963 bits per heavy atom. The molecule has 27 heavy (non-hydrogen) atoms. The molecule has 0 spiro atoms. The number of hydrogen-bond acceptors (Lipinski definition) is 2. The van der Waals surface area contributed by atoms with E-state index in [0.717, 1.165) is 11.1 Å². The molecule has 2 rings (SSSR count). The maximum Gasteiger partial charge on any atom is 0.339 e. The topological polar surface area (TPSA) is 90.5 Å². The third kappa shape index (κ3) is 8.06. The molecule has 0 radical (unpaired) electrons. The van der Waals surface area contributed by atoms with Gasteiger partial charge in [-0.3, -0.25) is 9.36 Å². The van der Waals surface area contributed by atoms with Crippen LogP contribution in [0, 0.1) is 5.92 Å². The molecule has 0 fully saturated rings. The Morgan fingerprint density at radius 2 is 1.48 bits per heavy atom. The van der Waals surface area contributed by atoms with Gasteiger partial charge in [0.15, 0.2) is 0 Å². The third-order valence-electron chi connectivity index (χ3n) is 4.00. The summed E-state index contributed by atoms with van der Waals surface area (Å²) >= 11 is 0. The Labute approximate surface area is 161 Å². The van der Waals surface area contributed by atoms with Gasteiger partial charge in [0, 0.05) is 13.1 Å². The van der Waals surface area contributed by atoms with Crippen molar-refractivity contribution in [3.8, 4) is 0 Å². The van der Waals surface area contributed by atoms with Gasteiger partial charge >= 0.3 is 7.67 Å². The van der Waals surface area contributed by atoms with Gasteiger partial charge in [0.25, 0.3) is 0 Å². The van der Waals surface area contributed by atoms with Gasteiger partial charge in [0.1, 0.15) is 0 Å². The maximum atomic E-state index is 12.6. The number of carbonyl (C=O) groups excluding carboxylic acids is 1. The molecular weight excluding hydrogens is 361 g/mol. The molecule has 2 atom stereocenters. The van der Waals surface area contributed by atoms with E-state index < -0.39 is 13.7 Å². The van der Waals surface area contributed by atoms with Crippen molar-refractivity contribution >= 4 is 13.6 Å². The van der Waals surface area contributed by atoms with E-state index in [1.807, 2.05) is 74.5 Å². The van der Waals surface area contributed by atoms with E-state index in [4.69, 9.17) is 0 Å². The molecule has 7 heteroatoms. The SMILES string of the molecule is CC(C)C[C@H](NP(=O)(O)NCc1ccccc1)C(=O)NCc1ccccc1. The zero-order chi connectivity index (χ0) is 19.7. The lowest BCUT2D eigenvalue weighted by molar-refractivity contribution is -0.123. The molecule has 0 aromatic heterocycles. The van der Waals surface area contributed by atoms with Gasteiger partial charge in [-0.25, -0.2) is 10.2 Å². The Bertz CT molecular complexity index is 754. The van der Waals surface area contributed by atoms with Crippen LogP contribution < -0.4 is 15.5 Å². The summed E-state index contributed by atoms with van der Waals surface area (Å²) in [5.74, 6) is -0.0950. The second kappa shape index (κ2) is 10.4. The number of carbonyl (C=O) groups is 1. The largest absolute Gasteiger partial charge is 0.351 e. The molecule has 0 heterocycles. The average Bonchev–Trinajstić information content (AvgIpc) is 2.65. The first kappa shape index (κ1) is 21.3. The zero-order valence-electron chi connectivity index (χ0n) is 15.8. The van der Waals surface area contributed by atoms with Crippen LogP contribution in [0.15, 0.2) is 60.7 Å². The molecule has 0 bridgehead atoms. The highest BCUT2D eigenvalue weighted by Crippen LogP contribution is 2.32. The third-order valence-corrected chi connectivity index (χ3v) is 5.25. The summed E-state index contributed by atoms with van der Waals surface area (Å²) in [4.78, 5) is 22.8. The Morgan fingerprint density at radius 3 is 2.00 bits per heavy atom. The van der Waals surface area contributed by atoms with Gasteiger partial charge in [0.05, 0.1) is 6.04 Å². The van der Waals surface area contributed by atoms with Crippen LogP contribution in [0.25, 0.3) is 0 Å². The molecular formula is C20H28N3O3P. The lowest BCUT2D eigenvalue weighted by Crippen LogP contribution is -2.44. The predicted octanol–water partition coefficient (Wildman–Crippen LogP) is 3.20. The van der Waals surface area contributed by atoms with Gasteiger partial charge in [-0.15, -0.1) is 0 Å². The number of amides is 1. The number of hydrogen-bond donors (Lipinski definition) is 4. The lowest BCUT2D eigenvalue weighted by Gasteiger charge is -2.23. The van der Waals surface area contributed by atoms with Gasteiger partial charge in [-0.05, 0) is 23.5 Å². The maximum absolute atomic E-state index is 12.6. The summed E-state index contributed by atoms with van der Waals surface area (Å²) in [5, 5.41) is 8.09. The minimum absolute atomic E-state index is 0.194. The van der Waals surface area contributed by atoms with E-state index in [2.05, 4.69) is 15.5 Å². The summed E-state index contributed by atoms with van der Waals surface area (Å²) in [6, 6.07) is 18.2. The molecule has 146 valence electrons. The second-order valence-electron chi connectivity index (χ2n) is 6.91. The smallest absolute Gasteiger partial charge is 0.339 e. The fourth-order valence-corrected chi connectivity index (χ4v) is 3.78. The van der Waals surface area contributed by atoms with Crippen molar-refractivity contribution in [1.82, 2.24) is 15.5 Å². The number of nitrogens with one attached hydrogen (secondary N) is 3. The standard InChI is InChI=1S/C20H28N3O3P/c1-16(2)13-19(20(24)21-14-17-9-5-3-6-10-17)23-27(25,26)22-15-18-11-7-4-8-12-18/h3-12,16,19H,13-15H2,1-2H3,(H,21,24)(H3,22,23,25,26)/t19-/m0/s1. The van der Waals surface area contributed by atoms with Crippen molar-refractivity contribution < 1.29 is 14.3 Å². The fourth-order valence-electron chi connectivity index (χ4n) is 2.65. The minimum atomic E-state index is -3.88. The highest BCUT2D eigenvalue weighted by molar-refractivity contribution is 7.53. The van der Waals surface area contributed by atoms with E-state index in [1.54, 1.807) is 0 Å². The Kier molecular flexibility index (Phi) is 8.20. The first-order valence-corrected chi connectivity index (χ1v) is 10.7. The van der Waals surface area contributed by atoms with E-state index in [-0.39, 0.29) is 18.4 Å². The van der Waals surface area contributed by atoms with Crippen LogP contribution in [-0.2, 0) is 22.4 Å². The predicted molar refractivity (Wildman–Crippen MR) is 108 cm³/mol. The Hall–Kier alpha value is -1.98. The molecule has 2 aromatic rings. The number of benzene rings is 2. The second-order valence-corrected chi connectivity index (χ2v) is 8.64. The van der Waals surface area contributed by atoms with Crippen molar-refractivity contribution in [3.05, 3.63) is 71.8 Å². The molecule has 6 nitrogen and oxygen atoms in total. The number of rotatable bonds is 10. The van der Waals surface area contributed by atoms with Gasteiger partial charge in [-0.2, -0.15) is 0 Å². The molecule has 0 saturated heterocycles. The summed E-state index contributed by atoms with van der Waals surface area (Å²) in [7, 11) is -3.88. The van der Waals surface area contributed by atoms with Crippen LogP contribution in [0.3, 0.4) is 0 Å². The van der Waals surface area contributed by atoms with Crippen molar-refractivity contribution in [2.24, 2.45) is 5.92 Å². The average molecular weight is 389 g/mol. The molecule has 1 unspecified atom stereocenters. The summed E-state index contributed by atoms with van der Waals surface area (Å²) in [6.07, 6.45) is 0.457. The normalized spacial score (nSPS) is 14.5. The van der Waals surface area contributed by atoms with Crippen molar-refractivity contribution in [2.75, 3.05) is 0 Å². The molecule has 2 aromatic carbocycles. The van der Waals surface area contributed by atoms with Crippen molar-refractivity contribution in [3.63, 3.8) is 0 Å². The van der Waals surface area contributed by atoms with E-state index in [1.165, 1.54) is 0 Å². The highest BCUT2D eigenvalue weighted by Gasteiger charge is 2.28. The van der Waals surface area contributed by atoms with Crippen LogP contribution in [-0.4, -0.2) is 16.8 Å². The van der Waals surface area contributed by atoms with Crippen LogP contribution in [0.2, 0.25) is 0 Å². The van der Waals surface area contributed by atoms with Gasteiger partial charge < -0.3 is 10.2 Å². The summed E-state index contributed by atoms with van der Waals surface area (Å²) in [6.45, 7) is 4.56. The summed E-state index contributed by atoms with van der Waals surface area (Å²) in [5.41, 5.74) is 1.87. The first-order chi connectivity index (χ1) is 12.9. The minimum Gasteiger partial charge on any atom is -0.351 e. The monoisotopic (exact) mass is 389 g/mol. The van der Waals surface area contributed by atoms with Gasteiger partial charge in [0.2, 0.25) is 5.91 Å². The molecule has 1 amide bonds. The molecule has 0 aliphatic rings. The van der Waals surface area contributed by atoms with Crippen LogP contribution >= 0.6 is 7.67 Å². The van der Waals surface area contributed by atoms with Crippen LogP contribution in [0.4, 0.5) is 0 Å². The van der Waals surface area contributed by atoms with E-state index in [0.29, 0.717) is 13.0 Å². The molecule has 0 aliphatic heterocycles. The van der Waals surface area contributed by atoms with Crippen molar-refractivity contribution in [2.45, 2.75) is 39.4 Å². The van der Waals surface area contributed by atoms with Crippen LogP contribution in [0.5, 0.6) is 0 Å². The lowest BCUT2D eigenvalue weighted by atomic mass is 10.0. The fraction of sp³-hybridized carbons (Fsp3) is 0.350. The first-order valence-electron chi connectivity index (χ1n) is 9.07. The quantitative estimate of drug-likeness (QED) is 0.469. The van der Waals surface area contributed by atoms with Gasteiger partial charge in [-0.1, -0.05) is 74.5 Å². The molecule has 4 N–H and O–H groups in total. The Balaban J connectivity index is 1.95. The summed E-state index contributed by atoms with van der Waals surface area (Å²) < 4.78 is 12.5. The van der Waals surface area contributed by atoms with Crippen LogP contribution in [0.1, 0.15) is 31.4 Å². The van der Waals surface area contributed by atoms with Crippen molar-refractivity contribution in [1.29, 1.82) is 0 Å². The van der Waals surface area contributed by atoms with E-state index >= 15 is 0 Å². The highest BCUT2D eigenvalue weighted by atomic mass is 31.2. The molecule has 0 saturated carbocycles. The van der Waals surface area contributed by atoms with E-state index in [9.17, 15) is 14.3 Å².